The summed E-state index contributed by atoms with van der Waals surface area (Å²) in [6.07, 6.45) is 4.17. The molecule has 15 heavy (non-hydrogen) atoms. The molecule has 1 atom stereocenters. The van der Waals surface area contributed by atoms with Crippen molar-refractivity contribution in [3.05, 3.63) is 35.9 Å². The lowest BCUT2D eigenvalue weighted by Crippen LogP contribution is -2.03. The molecule has 1 aromatic rings. The molecule has 0 amide bonds. The van der Waals surface area contributed by atoms with E-state index in [1.165, 1.54) is 5.56 Å². The highest BCUT2D eigenvalue weighted by Crippen LogP contribution is 2.16. The second-order valence-corrected chi connectivity index (χ2v) is 3.50. The summed E-state index contributed by atoms with van der Waals surface area (Å²) >= 11 is 0. The van der Waals surface area contributed by atoms with Gasteiger partial charge in [0.2, 0.25) is 0 Å². The number of hydrogen-bond donors (Lipinski definition) is 0. The Morgan fingerprint density at radius 2 is 2.07 bits per heavy atom. The molecule has 0 aliphatic carbocycles. The summed E-state index contributed by atoms with van der Waals surface area (Å²) in [5.41, 5.74) is 1.21. The number of rotatable bonds is 6. The predicted molar refractivity (Wildman–Crippen MR) is 64.5 cm³/mol. The number of unbranched alkanes of at least 4 members (excludes halogenated alkanes) is 1. The van der Waals surface area contributed by atoms with Gasteiger partial charge in [-0.05, 0) is 18.2 Å². The van der Waals surface area contributed by atoms with Crippen LogP contribution in [0.15, 0.2) is 35.3 Å². The Morgan fingerprint density at radius 3 is 2.67 bits per heavy atom. The van der Waals surface area contributed by atoms with Gasteiger partial charge >= 0.3 is 0 Å². The fourth-order valence-corrected chi connectivity index (χ4v) is 1.39. The van der Waals surface area contributed by atoms with E-state index in [0.29, 0.717) is 6.61 Å². The maximum Gasteiger partial charge on any atom is 0.0978 e. The first-order valence-electron chi connectivity index (χ1n) is 5.44. The van der Waals surface area contributed by atoms with Gasteiger partial charge in [-0.1, -0.05) is 43.7 Å². The molecule has 0 aliphatic heterocycles. The Balaban J connectivity index is 2.65. The van der Waals surface area contributed by atoms with Crippen LogP contribution >= 0.6 is 0 Å². The maximum atomic E-state index is 5.18. The normalized spacial score (nSPS) is 13.2. The SMILES string of the molecule is CCCC=N[C@@H](COC)c1ccccc1. The number of hydrogen-bond acceptors (Lipinski definition) is 2. The second kappa shape index (κ2) is 7.18. The zero-order valence-electron chi connectivity index (χ0n) is 9.52. The van der Waals surface area contributed by atoms with E-state index < -0.39 is 0 Å². The van der Waals surface area contributed by atoms with Gasteiger partial charge in [-0.25, -0.2) is 0 Å². The highest BCUT2D eigenvalue weighted by molar-refractivity contribution is 5.57. The van der Waals surface area contributed by atoms with Crippen molar-refractivity contribution in [2.45, 2.75) is 25.8 Å². The third-order valence-corrected chi connectivity index (χ3v) is 2.21. The van der Waals surface area contributed by atoms with Crippen molar-refractivity contribution in [1.29, 1.82) is 0 Å². The predicted octanol–water partition coefficient (Wildman–Crippen LogP) is 3.25. The van der Waals surface area contributed by atoms with Crippen molar-refractivity contribution in [1.82, 2.24) is 0 Å². The molecular weight excluding hydrogens is 186 g/mol. The second-order valence-electron chi connectivity index (χ2n) is 3.50. The van der Waals surface area contributed by atoms with Gasteiger partial charge in [-0.3, -0.25) is 4.99 Å². The Bertz CT molecular complexity index is 282. The Hall–Kier alpha value is -1.15. The van der Waals surface area contributed by atoms with E-state index in [1.807, 2.05) is 24.4 Å². The third-order valence-electron chi connectivity index (χ3n) is 2.21. The molecule has 1 rings (SSSR count). The molecule has 0 unspecified atom stereocenters. The molecule has 82 valence electrons. The van der Waals surface area contributed by atoms with Crippen LogP contribution in [0.3, 0.4) is 0 Å². The fourth-order valence-electron chi connectivity index (χ4n) is 1.39. The molecule has 0 aliphatic rings. The van der Waals surface area contributed by atoms with Gasteiger partial charge in [0.15, 0.2) is 0 Å². The fraction of sp³-hybridized carbons (Fsp3) is 0.462. The highest BCUT2D eigenvalue weighted by Gasteiger charge is 2.07. The molecule has 2 nitrogen and oxygen atoms in total. The molecule has 0 saturated carbocycles. The van der Waals surface area contributed by atoms with E-state index in [0.717, 1.165) is 12.8 Å². The first kappa shape index (κ1) is 11.9. The lowest BCUT2D eigenvalue weighted by Gasteiger charge is -2.11. The van der Waals surface area contributed by atoms with E-state index >= 15 is 0 Å². The number of benzene rings is 1. The van der Waals surface area contributed by atoms with Gasteiger partial charge in [0, 0.05) is 7.11 Å². The van der Waals surface area contributed by atoms with Gasteiger partial charge in [-0.2, -0.15) is 0 Å². The zero-order valence-corrected chi connectivity index (χ0v) is 9.52. The van der Waals surface area contributed by atoms with Crippen LogP contribution < -0.4 is 0 Å². The third kappa shape index (κ3) is 4.26. The van der Waals surface area contributed by atoms with Crippen LogP contribution in [0.25, 0.3) is 0 Å². The molecule has 0 radical (unpaired) electrons. The smallest absolute Gasteiger partial charge is 0.0978 e. The molecule has 0 saturated heterocycles. The minimum atomic E-state index is 0.141. The van der Waals surface area contributed by atoms with Gasteiger partial charge in [0.1, 0.15) is 0 Å². The summed E-state index contributed by atoms with van der Waals surface area (Å²) in [6.45, 7) is 2.80. The molecule has 0 N–H and O–H groups in total. The minimum absolute atomic E-state index is 0.141. The van der Waals surface area contributed by atoms with Crippen LogP contribution in [-0.2, 0) is 4.74 Å². The average molecular weight is 205 g/mol. The van der Waals surface area contributed by atoms with Crippen molar-refractivity contribution in [2.24, 2.45) is 4.99 Å². The molecule has 1 aromatic carbocycles. The quantitative estimate of drug-likeness (QED) is 0.653. The molecule has 0 bridgehead atoms. The molecular formula is C13H19NO. The maximum absolute atomic E-state index is 5.18. The van der Waals surface area contributed by atoms with Crippen molar-refractivity contribution in [2.75, 3.05) is 13.7 Å². The monoisotopic (exact) mass is 205 g/mol. The summed E-state index contributed by atoms with van der Waals surface area (Å²) in [7, 11) is 1.71. The van der Waals surface area contributed by atoms with Crippen LogP contribution in [0.4, 0.5) is 0 Å². The number of nitrogens with zero attached hydrogens (tertiary/aromatic N) is 1. The molecule has 0 aromatic heterocycles. The zero-order chi connectivity index (χ0) is 10.9. The lowest BCUT2D eigenvalue weighted by atomic mass is 10.1. The van der Waals surface area contributed by atoms with Crippen molar-refractivity contribution in [3.63, 3.8) is 0 Å². The van der Waals surface area contributed by atoms with Crippen LogP contribution in [0.5, 0.6) is 0 Å². The lowest BCUT2D eigenvalue weighted by molar-refractivity contribution is 0.181. The van der Waals surface area contributed by atoms with E-state index in [1.54, 1.807) is 7.11 Å². The van der Waals surface area contributed by atoms with Crippen LogP contribution in [-0.4, -0.2) is 19.9 Å². The van der Waals surface area contributed by atoms with E-state index in [4.69, 9.17) is 4.74 Å². The summed E-state index contributed by atoms with van der Waals surface area (Å²) < 4.78 is 5.18. The average Bonchev–Trinajstić information content (AvgIpc) is 2.29. The van der Waals surface area contributed by atoms with Gasteiger partial charge < -0.3 is 4.74 Å². The van der Waals surface area contributed by atoms with E-state index in [2.05, 4.69) is 24.0 Å². The van der Waals surface area contributed by atoms with E-state index in [9.17, 15) is 0 Å². The van der Waals surface area contributed by atoms with Gasteiger partial charge in [0.25, 0.3) is 0 Å². The molecule has 0 heterocycles. The molecule has 0 spiro atoms. The Morgan fingerprint density at radius 1 is 1.33 bits per heavy atom. The highest BCUT2D eigenvalue weighted by atomic mass is 16.5. The molecule has 2 heteroatoms. The first-order valence-corrected chi connectivity index (χ1v) is 5.44. The Labute approximate surface area is 92.0 Å². The van der Waals surface area contributed by atoms with Crippen molar-refractivity contribution < 1.29 is 4.74 Å². The summed E-state index contributed by atoms with van der Waals surface area (Å²) in [5, 5.41) is 0. The first-order chi connectivity index (χ1) is 7.38. The summed E-state index contributed by atoms with van der Waals surface area (Å²) in [5.74, 6) is 0. The van der Waals surface area contributed by atoms with Gasteiger partial charge in [-0.15, -0.1) is 0 Å². The standard InChI is InChI=1S/C13H19NO/c1-3-4-10-14-13(11-15-2)12-8-6-5-7-9-12/h5-10,13H,3-4,11H2,1-2H3/t13-/m0/s1. The van der Waals surface area contributed by atoms with Gasteiger partial charge in [0.05, 0.1) is 12.6 Å². The van der Waals surface area contributed by atoms with Crippen LogP contribution in [0.1, 0.15) is 31.4 Å². The van der Waals surface area contributed by atoms with Crippen molar-refractivity contribution in [3.8, 4) is 0 Å². The van der Waals surface area contributed by atoms with E-state index in [-0.39, 0.29) is 6.04 Å². The summed E-state index contributed by atoms with van der Waals surface area (Å²) in [4.78, 5) is 4.52. The summed E-state index contributed by atoms with van der Waals surface area (Å²) in [6, 6.07) is 10.4. The number of methoxy groups -OCH3 is 1. The number of aliphatic imine (C=N–C) groups is 1. The number of ether oxygens (including phenoxy) is 1. The Kier molecular flexibility index (Phi) is 5.71. The van der Waals surface area contributed by atoms with Crippen LogP contribution in [0.2, 0.25) is 0 Å². The van der Waals surface area contributed by atoms with Crippen molar-refractivity contribution >= 4 is 6.21 Å². The van der Waals surface area contributed by atoms with Crippen LogP contribution in [0, 0.1) is 0 Å². The molecule has 0 fully saturated rings. The topological polar surface area (TPSA) is 21.6 Å². The largest absolute Gasteiger partial charge is 0.382 e. The minimum Gasteiger partial charge on any atom is -0.382 e.